The number of carbonyl (C=O) groups is 1. The average molecular weight is 535 g/mol. The molecule has 192 valence electrons. The monoisotopic (exact) mass is 534 g/mol. The van der Waals surface area contributed by atoms with Crippen LogP contribution in [0.3, 0.4) is 0 Å². The van der Waals surface area contributed by atoms with E-state index in [2.05, 4.69) is 4.90 Å². The number of nitrogens with zero attached hydrogens (tertiary/aromatic N) is 2. The molecule has 0 amide bonds. The van der Waals surface area contributed by atoms with Crippen molar-refractivity contribution in [3.05, 3.63) is 69.0 Å². The second kappa shape index (κ2) is 12.0. The van der Waals surface area contributed by atoms with Gasteiger partial charge in [-0.3, -0.25) is 9.80 Å². The molecule has 3 atom stereocenters. The summed E-state index contributed by atoms with van der Waals surface area (Å²) in [5.74, 6) is -1.29. The number of rotatable bonds is 10. The molecule has 0 aromatic heterocycles. The van der Waals surface area contributed by atoms with Crippen LogP contribution in [0.15, 0.2) is 36.4 Å². The first-order valence-corrected chi connectivity index (χ1v) is 12.0. The fraction of sp³-hybridized carbons (Fsp3) is 0.480. The fourth-order valence-electron chi connectivity index (χ4n) is 4.69. The Morgan fingerprint density at radius 1 is 1.17 bits per heavy atom. The van der Waals surface area contributed by atoms with Crippen LogP contribution in [0.25, 0.3) is 0 Å². The van der Waals surface area contributed by atoms with Gasteiger partial charge in [0.25, 0.3) is 0 Å². The number of likely N-dealkylation sites (tertiary alicyclic amines) is 1. The van der Waals surface area contributed by atoms with Gasteiger partial charge in [0.05, 0.1) is 15.6 Å². The van der Waals surface area contributed by atoms with Crippen LogP contribution < -0.4 is 0 Å². The summed E-state index contributed by atoms with van der Waals surface area (Å²) in [5, 5.41) is 0.877. The van der Waals surface area contributed by atoms with Gasteiger partial charge < -0.3 is 9.53 Å². The molecule has 10 heteroatoms. The van der Waals surface area contributed by atoms with Crippen molar-refractivity contribution in [2.75, 3.05) is 27.2 Å². The predicted octanol–water partition coefficient (Wildman–Crippen LogP) is 6.39. The van der Waals surface area contributed by atoms with Crippen molar-refractivity contribution in [2.45, 2.75) is 50.2 Å². The Morgan fingerprint density at radius 3 is 2.51 bits per heavy atom. The minimum Gasteiger partial charge on any atom is -0.366 e. The Kier molecular flexibility index (Phi) is 9.57. The molecule has 4 nitrogen and oxygen atoms in total. The number of benzene rings is 2. The molecule has 1 heterocycles. The van der Waals surface area contributed by atoms with E-state index < -0.39 is 17.6 Å². The van der Waals surface area contributed by atoms with E-state index in [1.807, 2.05) is 24.1 Å². The lowest BCUT2D eigenvalue weighted by Gasteiger charge is -2.30. The van der Waals surface area contributed by atoms with Crippen LogP contribution >= 0.6 is 23.2 Å². The van der Waals surface area contributed by atoms with Crippen LogP contribution in [0, 0.1) is 5.82 Å². The molecule has 3 rings (SSSR count). The van der Waals surface area contributed by atoms with E-state index >= 15 is 0 Å². The Labute approximate surface area is 212 Å². The Balaban J connectivity index is 1.84. The van der Waals surface area contributed by atoms with Crippen molar-refractivity contribution in [3.8, 4) is 0 Å². The van der Waals surface area contributed by atoms with Crippen molar-refractivity contribution >= 4 is 29.5 Å². The number of ether oxygens (including phenoxy) is 1. The molecule has 0 spiro atoms. The summed E-state index contributed by atoms with van der Waals surface area (Å²) in [7, 11) is 3.49. The smallest absolute Gasteiger partial charge is 0.366 e. The van der Waals surface area contributed by atoms with Gasteiger partial charge in [-0.1, -0.05) is 35.3 Å². The number of unbranched alkanes of at least 4 members (excludes halogenated alkanes) is 1. The number of carbonyl (C=O) groups excluding carboxylic acids is 1. The average Bonchev–Trinajstić information content (AvgIpc) is 3.23. The quantitative estimate of drug-likeness (QED) is 0.201. The second-order valence-electron chi connectivity index (χ2n) is 8.82. The van der Waals surface area contributed by atoms with Gasteiger partial charge in [0.1, 0.15) is 18.3 Å². The highest BCUT2D eigenvalue weighted by molar-refractivity contribution is 6.42. The van der Waals surface area contributed by atoms with E-state index in [0.717, 1.165) is 24.0 Å². The van der Waals surface area contributed by atoms with Crippen molar-refractivity contribution in [1.82, 2.24) is 9.80 Å². The highest BCUT2D eigenvalue weighted by Gasteiger charge is 2.39. The highest BCUT2D eigenvalue weighted by atomic mass is 35.5. The lowest BCUT2D eigenvalue weighted by atomic mass is 9.93. The molecule has 0 radical (unpaired) electrons. The van der Waals surface area contributed by atoms with Gasteiger partial charge in [0, 0.05) is 45.1 Å². The number of likely N-dealkylation sites (N-methyl/N-ethyl adjacent to an activating group) is 1. The van der Waals surface area contributed by atoms with Gasteiger partial charge in [-0.2, -0.15) is 13.2 Å². The zero-order chi connectivity index (χ0) is 25.8. The van der Waals surface area contributed by atoms with Crippen LogP contribution in [-0.2, 0) is 22.3 Å². The summed E-state index contributed by atoms with van der Waals surface area (Å²) in [4.78, 5) is 14.9. The van der Waals surface area contributed by atoms with Gasteiger partial charge in [0.15, 0.2) is 0 Å². The van der Waals surface area contributed by atoms with Crippen molar-refractivity contribution in [3.63, 3.8) is 0 Å². The van der Waals surface area contributed by atoms with Crippen LogP contribution in [0.2, 0.25) is 10.0 Å². The molecule has 1 unspecified atom stereocenters. The van der Waals surface area contributed by atoms with Crippen molar-refractivity contribution in [1.29, 1.82) is 0 Å². The van der Waals surface area contributed by atoms with Gasteiger partial charge in [-0.15, -0.1) is 0 Å². The zero-order valence-corrected chi connectivity index (χ0v) is 21.0. The van der Waals surface area contributed by atoms with Crippen LogP contribution in [0.5, 0.6) is 0 Å². The number of alkyl halides is 3. The first-order chi connectivity index (χ1) is 16.5. The van der Waals surface area contributed by atoms with Crippen LogP contribution in [0.1, 0.15) is 41.9 Å². The molecule has 0 bridgehead atoms. The third-order valence-electron chi connectivity index (χ3n) is 6.48. The summed E-state index contributed by atoms with van der Waals surface area (Å²) in [5.41, 5.74) is 0.140. The summed E-state index contributed by atoms with van der Waals surface area (Å²) < 4.78 is 58.7. The second-order valence-corrected chi connectivity index (χ2v) is 9.63. The van der Waals surface area contributed by atoms with E-state index in [-0.39, 0.29) is 24.7 Å². The lowest BCUT2D eigenvalue weighted by molar-refractivity contribution is -0.140. The molecular formula is C25H28Cl2F4N2O2. The normalized spacial score (nSPS) is 19.9. The molecule has 0 aliphatic carbocycles. The van der Waals surface area contributed by atoms with Crippen LogP contribution in [0.4, 0.5) is 17.6 Å². The summed E-state index contributed by atoms with van der Waals surface area (Å²) in [6.45, 7) is 1.52. The Morgan fingerprint density at radius 2 is 1.91 bits per heavy atom. The Hall–Kier alpha value is -1.71. The predicted molar refractivity (Wildman–Crippen MR) is 128 cm³/mol. The molecule has 1 aliphatic heterocycles. The topological polar surface area (TPSA) is 32.8 Å². The number of halogens is 6. The van der Waals surface area contributed by atoms with Crippen molar-refractivity contribution < 1.29 is 27.1 Å². The minimum absolute atomic E-state index is 0.00205. The minimum atomic E-state index is -4.74. The van der Waals surface area contributed by atoms with Gasteiger partial charge >= 0.3 is 6.18 Å². The van der Waals surface area contributed by atoms with E-state index in [1.165, 1.54) is 6.07 Å². The largest absolute Gasteiger partial charge is 0.419 e. The standard InChI is InChI=1S/C25H28Cl2F4N2O2/c1-32(13-16-6-8-19(22(28)11-16)25(29,30)31)23-15-33(24(35-2)5-3-4-10-34)14-18(23)17-7-9-20(26)21(27)12-17/h6-12,18,23-24H,3-5,13-15H2,1-2H3/t18-,23+,24?/m1/s1. The highest BCUT2D eigenvalue weighted by Crippen LogP contribution is 2.37. The molecule has 2 aromatic rings. The maximum atomic E-state index is 14.1. The molecule has 1 saturated heterocycles. The summed E-state index contributed by atoms with van der Waals surface area (Å²) in [6, 6.07) is 8.45. The molecule has 0 saturated carbocycles. The lowest BCUT2D eigenvalue weighted by Crippen LogP contribution is -2.39. The van der Waals surface area contributed by atoms with Gasteiger partial charge in [-0.05, 0) is 55.3 Å². The maximum Gasteiger partial charge on any atom is 0.419 e. The number of methoxy groups -OCH3 is 1. The first-order valence-electron chi connectivity index (χ1n) is 11.3. The number of aldehydes is 1. The van der Waals surface area contributed by atoms with E-state index in [1.54, 1.807) is 13.2 Å². The fourth-order valence-corrected chi connectivity index (χ4v) is 4.99. The van der Waals surface area contributed by atoms with Gasteiger partial charge in [0.2, 0.25) is 0 Å². The van der Waals surface area contributed by atoms with E-state index in [9.17, 15) is 22.4 Å². The zero-order valence-electron chi connectivity index (χ0n) is 19.5. The Bertz CT molecular complexity index is 1020. The number of hydrogen-bond acceptors (Lipinski definition) is 4. The van der Waals surface area contributed by atoms with E-state index in [4.69, 9.17) is 27.9 Å². The first kappa shape index (κ1) is 27.9. The molecular weight excluding hydrogens is 507 g/mol. The molecule has 2 aromatic carbocycles. The molecule has 35 heavy (non-hydrogen) atoms. The summed E-state index contributed by atoms with van der Waals surface area (Å²) in [6.07, 6.45) is -2.21. The molecule has 1 aliphatic rings. The number of hydrogen-bond donors (Lipinski definition) is 0. The van der Waals surface area contributed by atoms with Gasteiger partial charge in [-0.25, -0.2) is 4.39 Å². The molecule has 0 N–H and O–H groups in total. The SMILES string of the molecule is COC(CCCC=O)N1C[C@H](c2ccc(Cl)c(Cl)c2)[C@@H](N(C)Cc2ccc(C(F)(F)F)c(F)c2)C1. The van der Waals surface area contributed by atoms with Crippen LogP contribution in [-0.4, -0.2) is 55.6 Å². The third-order valence-corrected chi connectivity index (χ3v) is 7.22. The summed E-state index contributed by atoms with van der Waals surface area (Å²) >= 11 is 12.4. The van der Waals surface area contributed by atoms with Crippen molar-refractivity contribution in [2.24, 2.45) is 0 Å². The molecule has 1 fully saturated rings. The van der Waals surface area contributed by atoms with E-state index in [0.29, 0.717) is 48.0 Å². The third kappa shape index (κ3) is 6.95. The maximum absolute atomic E-state index is 14.1.